The lowest BCUT2D eigenvalue weighted by atomic mass is 9.72. The maximum absolute atomic E-state index is 10.7. The third kappa shape index (κ3) is 5.91. The molecule has 0 bridgehead atoms. The fraction of sp³-hybridized carbons (Fsp3) is 0.615. The van der Waals surface area contributed by atoms with Crippen LogP contribution in [-0.2, 0) is 11.3 Å². The van der Waals surface area contributed by atoms with Crippen LogP contribution in [0.1, 0.15) is 65.0 Å². The molecule has 6 heteroatoms. The molecule has 0 unspecified atom stereocenters. The summed E-state index contributed by atoms with van der Waals surface area (Å²) in [5, 5.41) is 11.0. The number of benzene rings is 1. The molecule has 1 aliphatic heterocycles. The Morgan fingerprint density at radius 2 is 1.75 bits per heavy atom. The number of hydrogen-bond donors (Lipinski definition) is 1. The molecule has 2 heterocycles. The number of hydrogen-bond acceptors (Lipinski definition) is 5. The first-order valence-electron chi connectivity index (χ1n) is 11.9. The first kappa shape index (κ1) is 22.8. The van der Waals surface area contributed by atoms with Gasteiger partial charge in [0, 0.05) is 31.2 Å². The van der Waals surface area contributed by atoms with Crippen LogP contribution in [0.25, 0.3) is 10.8 Å². The van der Waals surface area contributed by atoms with Crippen molar-refractivity contribution in [2.24, 2.45) is 11.3 Å². The van der Waals surface area contributed by atoms with Crippen molar-refractivity contribution in [1.29, 1.82) is 0 Å². The first-order chi connectivity index (χ1) is 15.3. The molecule has 32 heavy (non-hydrogen) atoms. The number of carboxylic acid groups (broad SMARTS) is 1. The van der Waals surface area contributed by atoms with Crippen molar-refractivity contribution < 1.29 is 19.4 Å². The van der Waals surface area contributed by atoms with Crippen LogP contribution in [0.5, 0.6) is 5.75 Å². The largest absolute Gasteiger partial charge is 0.506 e. The summed E-state index contributed by atoms with van der Waals surface area (Å²) in [6, 6.07) is 8.46. The maximum Gasteiger partial charge on any atom is 0.506 e. The predicted molar refractivity (Wildman–Crippen MR) is 125 cm³/mol. The zero-order valence-corrected chi connectivity index (χ0v) is 19.5. The molecule has 0 atom stereocenters. The van der Waals surface area contributed by atoms with E-state index < -0.39 is 6.16 Å². The van der Waals surface area contributed by atoms with Gasteiger partial charge in [0.15, 0.2) is 0 Å². The van der Waals surface area contributed by atoms with Crippen LogP contribution in [0, 0.1) is 11.3 Å². The molecule has 1 aliphatic carbocycles. The SMILES string of the molecule is CC(C)(C)C1CCC(Oc2ccc3cc(CN4CCC(OC(=O)O)CC4)ncc3c2)CC1. The van der Waals surface area contributed by atoms with E-state index in [9.17, 15) is 4.79 Å². The number of rotatable bonds is 5. The Morgan fingerprint density at radius 3 is 2.41 bits per heavy atom. The summed E-state index contributed by atoms with van der Waals surface area (Å²) in [5.41, 5.74) is 1.42. The number of pyridine rings is 1. The molecule has 0 amide bonds. The van der Waals surface area contributed by atoms with Gasteiger partial charge in [-0.15, -0.1) is 0 Å². The Balaban J connectivity index is 1.31. The highest BCUT2D eigenvalue weighted by molar-refractivity contribution is 5.83. The fourth-order valence-corrected chi connectivity index (χ4v) is 5.12. The van der Waals surface area contributed by atoms with Gasteiger partial charge in [-0.2, -0.15) is 0 Å². The van der Waals surface area contributed by atoms with Crippen molar-refractivity contribution in [2.45, 2.75) is 78.0 Å². The molecule has 0 radical (unpaired) electrons. The third-order valence-corrected chi connectivity index (χ3v) is 7.14. The lowest BCUT2D eigenvalue weighted by molar-refractivity contribution is 0.0183. The molecule has 4 rings (SSSR count). The number of ether oxygens (including phenoxy) is 2. The molecule has 2 aromatic rings. The summed E-state index contributed by atoms with van der Waals surface area (Å²) >= 11 is 0. The van der Waals surface area contributed by atoms with Gasteiger partial charge in [-0.1, -0.05) is 26.8 Å². The van der Waals surface area contributed by atoms with E-state index in [1.165, 1.54) is 18.2 Å². The molecule has 174 valence electrons. The Morgan fingerprint density at radius 1 is 1.03 bits per heavy atom. The highest BCUT2D eigenvalue weighted by atomic mass is 16.7. The number of nitrogens with zero attached hydrogens (tertiary/aromatic N) is 2. The minimum Gasteiger partial charge on any atom is -0.490 e. The molecule has 1 N–H and O–H groups in total. The summed E-state index contributed by atoms with van der Waals surface area (Å²) in [4.78, 5) is 17.7. The van der Waals surface area contributed by atoms with Crippen molar-refractivity contribution in [3.63, 3.8) is 0 Å². The molecule has 2 aliphatic rings. The highest BCUT2D eigenvalue weighted by Gasteiger charge is 2.30. The van der Waals surface area contributed by atoms with Gasteiger partial charge in [0.2, 0.25) is 0 Å². The summed E-state index contributed by atoms with van der Waals surface area (Å²) < 4.78 is 11.2. The second kappa shape index (κ2) is 9.65. The van der Waals surface area contributed by atoms with Crippen LogP contribution in [0.4, 0.5) is 4.79 Å². The lowest BCUT2D eigenvalue weighted by Crippen LogP contribution is -2.37. The molecular weight excluding hydrogens is 404 g/mol. The van der Waals surface area contributed by atoms with Gasteiger partial charge < -0.3 is 14.6 Å². The Labute approximate surface area is 190 Å². The number of fused-ring (bicyclic) bond motifs is 1. The van der Waals surface area contributed by atoms with Crippen LogP contribution >= 0.6 is 0 Å². The summed E-state index contributed by atoms with van der Waals surface area (Å²) in [7, 11) is 0. The number of piperidine rings is 1. The maximum atomic E-state index is 10.7. The molecule has 1 saturated heterocycles. The lowest BCUT2D eigenvalue weighted by Gasteiger charge is -2.37. The minimum atomic E-state index is -1.18. The molecule has 2 fully saturated rings. The van der Waals surface area contributed by atoms with Gasteiger partial charge in [-0.3, -0.25) is 9.88 Å². The van der Waals surface area contributed by atoms with E-state index in [1.54, 1.807) is 0 Å². The van der Waals surface area contributed by atoms with Crippen LogP contribution in [-0.4, -0.2) is 46.4 Å². The van der Waals surface area contributed by atoms with Crippen molar-refractivity contribution in [1.82, 2.24) is 9.88 Å². The molecule has 1 saturated carbocycles. The first-order valence-corrected chi connectivity index (χ1v) is 11.9. The smallest absolute Gasteiger partial charge is 0.490 e. The topological polar surface area (TPSA) is 71.9 Å². The van der Waals surface area contributed by atoms with Gasteiger partial charge in [0.25, 0.3) is 0 Å². The van der Waals surface area contributed by atoms with Gasteiger partial charge in [0.1, 0.15) is 11.9 Å². The summed E-state index contributed by atoms with van der Waals surface area (Å²) in [6.07, 6.45) is 7.10. The van der Waals surface area contributed by atoms with E-state index in [2.05, 4.69) is 54.9 Å². The average molecular weight is 441 g/mol. The Hall–Kier alpha value is -2.34. The van der Waals surface area contributed by atoms with Crippen LogP contribution < -0.4 is 4.74 Å². The van der Waals surface area contributed by atoms with Gasteiger partial charge in [-0.05, 0) is 73.4 Å². The number of aromatic nitrogens is 1. The van der Waals surface area contributed by atoms with E-state index in [-0.39, 0.29) is 6.10 Å². The molecular formula is C26H36N2O4. The molecule has 1 aromatic heterocycles. The van der Waals surface area contributed by atoms with E-state index in [4.69, 9.17) is 14.6 Å². The van der Waals surface area contributed by atoms with Gasteiger partial charge >= 0.3 is 6.16 Å². The Bertz CT molecular complexity index is 923. The summed E-state index contributed by atoms with van der Waals surface area (Å²) in [5.74, 6) is 1.73. The van der Waals surface area contributed by atoms with E-state index in [0.29, 0.717) is 11.5 Å². The van der Waals surface area contributed by atoms with E-state index >= 15 is 0 Å². The van der Waals surface area contributed by atoms with E-state index in [1.807, 2.05) is 6.20 Å². The normalized spacial score (nSPS) is 23.2. The van der Waals surface area contributed by atoms with Crippen molar-refractivity contribution in [2.75, 3.05) is 13.1 Å². The van der Waals surface area contributed by atoms with Crippen LogP contribution in [0.2, 0.25) is 0 Å². The van der Waals surface area contributed by atoms with Crippen LogP contribution in [0.3, 0.4) is 0 Å². The second-order valence-electron chi connectivity index (χ2n) is 10.5. The fourth-order valence-electron chi connectivity index (χ4n) is 5.12. The monoisotopic (exact) mass is 440 g/mol. The van der Waals surface area contributed by atoms with Crippen molar-refractivity contribution in [3.05, 3.63) is 36.2 Å². The quantitative estimate of drug-likeness (QED) is 0.586. The van der Waals surface area contributed by atoms with Gasteiger partial charge in [0.05, 0.1) is 11.8 Å². The van der Waals surface area contributed by atoms with Gasteiger partial charge in [-0.25, -0.2) is 4.79 Å². The van der Waals surface area contributed by atoms with Crippen molar-refractivity contribution >= 4 is 16.9 Å². The molecule has 1 aromatic carbocycles. The predicted octanol–water partition coefficient (Wildman–Crippen LogP) is 5.88. The van der Waals surface area contributed by atoms with Crippen molar-refractivity contribution in [3.8, 4) is 5.75 Å². The minimum absolute atomic E-state index is 0.185. The van der Waals surface area contributed by atoms with E-state index in [0.717, 1.165) is 68.1 Å². The molecule has 6 nitrogen and oxygen atoms in total. The zero-order chi connectivity index (χ0) is 22.7. The zero-order valence-electron chi connectivity index (χ0n) is 19.5. The number of carbonyl (C=O) groups is 1. The number of likely N-dealkylation sites (tertiary alicyclic amines) is 1. The second-order valence-corrected chi connectivity index (χ2v) is 10.5. The molecule has 0 spiro atoms. The standard InChI is InChI=1S/C26H36N2O4/c1-26(2,3)20-5-8-22(9-6-20)31-24-7-4-18-14-21(27-16-19(18)15-24)17-28-12-10-23(11-13-28)32-25(29)30/h4,7,14-16,20,22-23H,5-6,8-13,17H2,1-3H3,(H,29,30). The average Bonchev–Trinajstić information content (AvgIpc) is 2.75. The third-order valence-electron chi connectivity index (χ3n) is 7.14. The van der Waals surface area contributed by atoms with Crippen LogP contribution in [0.15, 0.2) is 30.5 Å². The highest BCUT2D eigenvalue weighted by Crippen LogP contribution is 2.39. The Kier molecular flexibility index (Phi) is 6.89. The summed E-state index contributed by atoms with van der Waals surface area (Å²) in [6.45, 7) is 9.45.